The fourth-order valence-corrected chi connectivity index (χ4v) is 2.58. The Morgan fingerprint density at radius 2 is 1.74 bits per heavy atom. The van der Waals surface area contributed by atoms with Crippen molar-refractivity contribution in [3.63, 3.8) is 0 Å². The van der Waals surface area contributed by atoms with Crippen LogP contribution in [0.3, 0.4) is 0 Å². The minimum absolute atomic E-state index is 0.536. The van der Waals surface area contributed by atoms with Gasteiger partial charge in [0.25, 0.3) is 0 Å². The third-order valence-corrected chi connectivity index (χ3v) is 3.58. The van der Waals surface area contributed by atoms with Crippen LogP contribution in [-0.4, -0.2) is 7.85 Å². The van der Waals surface area contributed by atoms with E-state index >= 15 is 0 Å². The van der Waals surface area contributed by atoms with E-state index in [1.165, 1.54) is 5.57 Å². The van der Waals surface area contributed by atoms with E-state index < -0.39 is 5.31 Å². The second kappa shape index (κ2) is 7.18. The van der Waals surface area contributed by atoms with Crippen molar-refractivity contribution in [1.82, 2.24) is 0 Å². The lowest BCUT2D eigenvalue weighted by Crippen LogP contribution is -2.31. The predicted octanol–water partition coefficient (Wildman–Crippen LogP) is 4.93. The van der Waals surface area contributed by atoms with E-state index in [-0.39, 0.29) is 0 Å². The highest BCUT2D eigenvalue weighted by Gasteiger charge is 2.31. The molecule has 0 amide bonds. The average molecular weight is 250 g/mol. The fraction of sp³-hybridized carbons (Fsp3) is 0.333. The minimum atomic E-state index is -0.536. The normalized spacial score (nSPS) is 16.6. The third-order valence-electron chi connectivity index (χ3n) is 3.58. The van der Waals surface area contributed by atoms with Crippen molar-refractivity contribution < 1.29 is 0 Å². The zero-order chi connectivity index (χ0) is 14.3. The van der Waals surface area contributed by atoms with Crippen molar-refractivity contribution in [1.29, 1.82) is 0 Å². The zero-order valence-corrected chi connectivity index (χ0v) is 12.5. The van der Waals surface area contributed by atoms with Crippen LogP contribution < -0.4 is 0 Å². The summed E-state index contributed by atoms with van der Waals surface area (Å²) in [6.45, 7) is 8.29. The molecule has 0 heterocycles. The molecule has 2 radical (unpaired) electrons. The maximum atomic E-state index is 6.84. The SMILES string of the molecule is [B]C(C(/C=C\C)=C/C)(/C(=C/C)CC)c1ccccc1. The summed E-state index contributed by atoms with van der Waals surface area (Å²) in [4.78, 5) is 0. The Morgan fingerprint density at radius 3 is 2.16 bits per heavy atom. The number of allylic oxidation sites excluding steroid dienone is 6. The van der Waals surface area contributed by atoms with Gasteiger partial charge in [-0.2, -0.15) is 0 Å². The summed E-state index contributed by atoms with van der Waals surface area (Å²) in [6.07, 6.45) is 9.33. The molecule has 0 aliphatic carbocycles. The van der Waals surface area contributed by atoms with Crippen molar-refractivity contribution in [2.75, 3.05) is 0 Å². The molecule has 1 unspecified atom stereocenters. The van der Waals surface area contributed by atoms with Gasteiger partial charge in [0.2, 0.25) is 0 Å². The molecule has 0 aromatic heterocycles. The van der Waals surface area contributed by atoms with E-state index in [4.69, 9.17) is 7.85 Å². The van der Waals surface area contributed by atoms with Gasteiger partial charge in [-0.25, -0.2) is 0 Å². The van der Waals surface area contributed by atoms with Gasteiger partial charge in [0.1, 0.15) is 0 Å². The topological polar surface area (TPSA) is 0 Å². The number of hydrogen-bond donors (Lipinski definition) is 0. The van der Waals surface area contributed by atoms with Gasteiger partial charge in [-0.3, -0.25) is 0 Å². The van der Waals surface area contributed by atoms with Crippen molar-refractivity contribution in [2.24, 2.45) is 0 Å². The van der Waals surface area contributed by atoms with Crippen LogP contribution in [0.4, 0.5) is 0 Å². The Labute approximate surface area is 119 Å². The second-order valence-electron chi connectivity index (χ2n) is 4.59. The summed E-state index contributed by atoms with van der Waals surface area (Å²) in [5.41, 5.74) is 3.51. The van der Waals surface area contributed by atoms with Crippen LogP contribution in [0.5, 0.6) is 0 Å². The smallest absolute Gasteiger partial charge is 0.0880 e. The first-order valence-electron chi connectivity index (χ1n) is 6.94. The first-order valence-corrected chi connectivity index (χ1v) is 6.94. The molecule has 19 heavy (non-hydrogen) atoms. The van der Waals surface area contributed by atoms with E-state index in [1.54, 1.807) is 0 Å². The second-order valence-corrected chi connectivity index (χ2v) is 4.59. The first kappa shape index (κ1) is 15.6. The first-order chi connectivity index (χ1) is 9.14. The molecule has 0 aliphatic heterocycles. The molecule has 1 atom stereocenters. The van der Waals surface area contributed by atoms with Crippen LogP contribution in [0.15, 0.2) is 65.8 Å². The highest BCUT2D eigenvalue weighted by Crippen LogP contribution is 2.38. The van der Waals surface area contributed by atoms with Crippen LogP contribution >= 0.6 is 0 Å². The van der Waals surface area contributed by atoms with E-state index in [0.29, 0.717) is 0 Å². The van der Waals surface area contributed by atoms with Gasteiger partial charge in [0, 0.05) is 5.31 Å². The minimum Gasteiger partial charge on any atom is -0.0880 e. The molecule has 1 rings (SSSR count). The molecule has 1 aromatic carbocycles. The largest absolute Gasteiger partial charge is 0.0935 e. The van der Waals surface area contributed by atoms with Gasteiger partial charge in [0.05, 0.1) is 7.85 Å². The molecule has 98 valence electrons. The van der Waals surface area contributed by atoms with Crippen molar-refractivity contribution >= 4 is 7.85 Å². The third kappa shape index (κ3) is 3.09. The molecule has 0 nitrogen and oxygen atoms in total. The zero-order valence-electron chi connectivity index (χ0n) is 12.5. The Kier molecular flexibility index (Phi) is 5.88. The summed E-state index contributed by atoms with van der Waals surface area (Å²) in [6, 6.07) is 10.3. The van der Waals surface area contributed by atoms with E-state index in [0.717, 1.165) is 17.6 Å². The van der Waals surface area contributed by atoms with E-state index in [9.17, 15) is 0 Å². The number of benzene rings is 1. The van der Waals surface area contributed by atoms with Crippen LogP contribution in [0.1, 0.15) is 39.7 Å². The molecule has 0 saturated carbocycles. The van der Waals surface area contributed by atoms with Crippen LogP contribution in [0.2, 0.25) is 0 Å². The molecular formula is C18H23B. The van der Waals surface area contributed by atoms with E-state index in [1.807, 2.05) is 38.1 Å². The predicted molar refractivity (Wildman–Crippen MR) is 86.5 cm³/mol. The molecule has 1 aromatic rings. The van der Waals surface area contributed by atoms with Crippen LogP contribution in [0.25, 0.3) is 0 Å². The van der Waals surface area contributed by atoms with Gasteiger partial charge in [-0.1, -0.05) is 67.1 Å². The Bertz CT molecular complexity index is 480. The number of hydrogen-bond acceptors (Lipinski definition) is 0. The molecule has 0 spiro atoms. The molecule has 0 saturated heterocycles. The molecular weight excluding hydrogens is 227 g/mol. The van der Waals surface area contributed by atoms with Crippen LogP contribution in [0, 0.1) is 0 Å². The molecule has 0 bridgehead atoms. The van der Waals surface area contributed by atoms with Gasteiger partial charge < -0.3 is 0 Å². The summed E-state index contributed by atoms with van der Waals surface area (Å²) >= 11 is 0. The lowest BCUT2D eigenvalue weighted by Gasteiger charge is -2.35. The maximum Gasteiger partial charge on any atom is 0.0935 e. The molecule has 1 heteroatoms. The molecule has 0 aliphatic rings. The van der Waals surface area contributed by atoms with Crippen molar-refractivity contribution in [3.8, 4) is 0 Å². The molecule has 0 N–H and O–H groups in total. The summed E-state index contributed by atoms with van der Waals surface area (Å²) in [5.74, 6) is 0. The Hall–Kier alpha value is -1.50. The number of rotatable bonds is 5. The van der Waals surface area contributed by atoms with Crippen molar-refractivity contribution in [3.05, 3.63) is 71.3 Å². The lowest BCUT2D eigenvalue weighted by atomic mass is 9.54. The quantitative estimate of drug-likeness (QED) is 0.395. The van der Waals surface area contributed by atoms with Gasteiger partial charge >= 0.3 is 0 Å². The standard InChI is InChI=1S/C18H23B/c1-5-12-16(8-4)18(19,15(6-2)7-3)17-13-10-9-11-14-17/h5-6,8-14H,7H2,1-4H3/b12-5-,15-6+,16-8+. The summed E-state index contributed by atoms with van der Waals surface area (Å²) in [5, 5.41) is -0.536. The van der Waals surface area contributed by atoms with Crippen LogP contribution in [-0.2, 0) is 5.31 Å². The maximum absolute atomic E-state index is 6.84. The Balaban J connectivity index is 3.50. The summed E-state index contributed by atoms with van der Waals surface area (Å²) in [7, 11) is 6.84. The lowest BCUT2D eigenvalue weighted by molar-refractivity contribution is 0.796. The van der Waals surface area contributed by atoms with Gasteiger partial charge in [0.15, 0.2) is 0 Å². The summed E-state index contributed by atoms with van der Waals surface area (Å²) < 4.78 is 0. The van der Waals surface area contributed by atoms with Crippen molar-refractivity contribution in [2.45, 2.75) is 39.4 Å². The van der Waals surface area contributed by atoms with Gasteiger partial charge in [-0.15, -0.1) is 0 Å². The highest BCUT2D eigenvalue weighted by atomic mass is 14.3. The monoisotopic (exact) mass is 250 g/mol. The van der Waals surface area contributed by atoms with E-state index in [2.05, 4.69) is 44.2 Å². The highest BCUT2D eigenvalue weighted by molar-refractivity contribution is 6.21. The van der Waals surface area contributed by atoms with Gasteiger partial charge in [-0.05, 0) is 38.3 Å². The Morgan fingerprint density at radius 1 is 1.11 bits per heavy atom. The average Bonchev–Trinajstić information content (AvgIpc) is 2.46. The molecule has 0 fully saturated rings. The fourth-order valence-electron chi connectivity index (χ4n) is 2.58.